The molecule has 0 bridgehead atoms. The van der Waals surface area contributed by atoms with Crippen LogP contribution >= 0.6 is 15.6 Å². The molecule has 0 amide bonds. The van der Waals surface area contributed by atoms with Crippen molar-refractivity contribution >= 4 is 15.6 Å². The van der Waals surface area contributed by atoms with Gasteiger partial charge < -0.3 is 0 Å². The second-order valence-corrected chi connectivity index (χ2v) is 12.0. The first-order chi connectivity index (χ1) is 21.5. The highest BCUT2D eigenvalue weighted by atomic mass is 31.2. The standard InChI is InChI=1S/C16H12F24O8P2/c17-7(18,1-43-49(41,45-3-9(21,22)23)46-4-10(24,25)26)13(33,34)15(37,38)16(39,40)14(35,36)8(19,20)2-44-50(42,47-5-11(27,28)29)48-6-12(30,31)32/h1-6H2. The Morgan fingerprint density at radius 3 is 0.600 bits per heavy atom. The summed E-state index contributed by atoms with van der Waals surface area (Å²) in [6.45, 7) is -20.6. The average Bonchev–Trinajstić information content (AvgIpc) is 2.89. The van der Waals surface area contributed by atoms with E-state index in [1.54, 1.807) is 0 Å². The SMILES string of the molecule is O=P(OCC(F)(F)F)(OCC(F)(F)F)OCC(F)(F)C(F)(F)C(F)(F)C(F)(F)C(F)(F)C(F)(F)COP(=O)(OCC(F)(F)F)OCC(F)(F)F. The van der Waals surface area contributed by atoms with E-state index >= 15 is 0 Å². The van der Waals surface area contributed by atoms with Crippen LogP contribution < -0.4 is 0 Å². The van der Waals surface area contributed by atoms with Crippen LogP contribution in [0.25, 0.3) is 0 Å². The molecule has 0 aliphatic rings. The van der Waals surface area contributed by atoms with Crippen LogP contribution in [0.4, 0.5) is 105 Å². The third kappa shape index (κ3) is 13.2. The zero-order valence-electron chi connectivity index (χ0n) is 22.5. The van der Waals surface area contributed by atoms with Gasteiger partial charge >= 0.3 is 75.9 Å². The molecule has 50 heavy (non-hydrogen) atoms. The van der Waals surface area contributed by atoms with Crippen molar-refractivity contribution in [1.29, 1.82) is 0 Å². The summed E-state index contributed by atoms with van der Waals surface area (Å²) in [5.41, 5.74) is 0. The van der Waals surface area contributed by atoms with Crippen molar-refractivity contribution in [3.05, 3.63) is 0 Å². The minimum absolute atomic E-state index is 2.93. The molecule has 0 unspecified atom stereocenters. The molecule has 0 atom stereocenters. The van der Waals surface area contributed by atoms with Crippen LogP contribution in [-0.4, -0.2) is 99.9 Å². The van der Waals surface area contributed by atoms with Gasteiger partial charge in [0.25, 0.3) is 0 Å². The first kappa shape index (κ1) is 48.5. The van der Waals surface area contributed by atoms with Gasteiger partial charge in [0.05, 0.1) is 0 Å². The Morgan fingerprint density at radius 2 is 0.440 bits per heavy atom. The molecule has 0 aliphatic heterocycles. The molecule has 34 heteroatoms. The largest absolute Gasteiger partial charge is 0.475 e. The normalized spacial score (nSPS) is 15.9. The molecule has 0 N–H and O–H groups in total. The number of hydrogen-bond donors (Lipinski definition) is 0. The van der Waals surface area contributed by atoms with E-state index in [1.807, 2.05) is 0 Å². The quantitative estimate of drug-likeness (QED) is 0.0939. The molecule has 0 heterocycles. The first-order valence-corrected chi connectivity index (χ1v) is 14.0. The molecule has 0 saturated heterocycles. The Morgan fingerprint density at radius 1 is 0.280 bits per heavy atom. The van der Waals surface area contributed by atoms with Crippen LogP contribution in [0.5, 0.6) is 0 Å². The summed E-state index contributed by atoms with van der Waals surface area (Å²) >= 11 is 0. The van der Waals surface area contributed by atoms with Crippen molar-refractivity contribution in [3.8, 4) is 0 Å². The fourth-order valence-electron chi connectivity index (χ4n) is 2.19. The van der Waals surface area contributed by atoms with E-state index in [9.17, 15) is 115 Å². The smallest absolute Gasteiger partial charge is 0.280 e. The van der Waals surface area contributed by atoms with Crippen molar-refractivity contribution in [2.45, 2.75) is 60.2 Å². The molecule has 0 saturated carbocycles. The topological polar surface area (TPSA) is 89.5 Å². The zero-order chi connectivity index (χ0) is 40.5. The highest BCUT2D eigenvalue weighted by molar-refractivity contribution is 7.48. The third-order valence-corrected chi connectivity index (χ3v) is 7.13. The molecule has 0 fully saturated rings. The van der Waals surface area contributed by atoms with E-state index in [2.05, 4.69) is 27.1 Å². The van der Waals surface area contributed by atoms with Gasteiger partial charge in [0.1, 0.15) is 13.2 Å². The Kier molecular flexibility index (Phi) is 14.7. The molecular formula is C16H12F24O8P2. The lowest BCUT2D eigenvalue weighted by atomic mass is 9.92. The molecule has 302 valence electrons. The molecule has 0 aromatic rings. The Hall–Kier alpha value is -1.46. The average molecular weight is 850 g/mol. The van der Waals surface area contributed by atoms with E-state index in [0.717, 1.165) is 0 Å². The van der Waals surface area contributed by atoms with E-state index in [1.165, 1.54) is 0 Å². The maximum absolute atomic E-state index is 14.0. The van der Waals surface area contributed by atoms with Crippen LogP contribution in [-0.2, 0) is 36.3 Å². The Balaban J connectivity index is 6.47. The summed E-state index contributed by atoms with van der Waals surface area (Å²) in [5, 5.41) is 0. The van der Waals surface area contributed by atoms with Gasteiger partial charge in [0, 0.05) is 0 Å². The van der Waals surface area contributed by atoms with Crippen LogP contribution in [0.2, 0.25) is 0 Å². The Bertz CT molecular complexity index is 1070. The number of halogens is 24. The zero-order valence-corrected chi connectivity index (χ0v) is 24.3. The number of rotatable bonds is 19. The van der Waals surface area contributed by atoms with E-state index in [-0.39, 0.29) is 0 Å². The molecule has 0 aliphatic carbocycles. The van der Waals surface area contributed by atoms with Crippen molar-refractivity contribution in [2.75, 3.05) is 39.6 Å². The van der Waals surface area contributed by atoms with E-state index in [4.69, 9.17) is 0 Å². The summed E-state index contributed by atoms with van der Waals surface area (Å²) in [5.74, 6) is -48.6. The van der Waals surface area contributed by atoms with Gasteiger partial charge in [0.2, 0.25) is 0 Å². The summed E-state index contributed by atoms with van der Waals surface area (Å²) in [7, 11) is -13.9. The van der Waals surface area contributed by atoms with E-state index < -0.39 is 116 Å². The maximum atomic E-state index is 14.0. The summed E-state index contributed by atoms with van der Waals surface area (Å²) in [4.78, 5) is 0. The van der Waals surface area contributed by atoms with Crippen LogP contribution in [0.15, 0.2) is 0 Å². The van der Waals surface area contributed by atoms with Crippen molar-refractivity contribution < 1.29 is 142 Å². The molecule has 0 spiro atoms. The lowest BCUT2D eigenvalue weighted by Gasteiger charge is -2.41. The molecule has 0 radical (unpaired) electrons. The molecule has 0 aromatic carbocycles. The molecule has 0 rings (SSSR count). The van der Waals surface area contributed by atoms with Crippen molar-refractivity contribution in [3.63, 3.8) is 0 Å². The van der Waals surface area contributed by atoms with Gasteiger partial charge in [-0.2, -0.15) is 105 Å². The summed E-state index contributed by atoms with van der Waals surface area (Å²) in [6, 6.07) is 0. The van der Waals surface area contributed by atoms with E-state index in [0.29, 0.717) is 0 Å². The van der Waals surface area contributed by atoms with Crippen molar-refractivity contribution in [2.24, 2.45) is 0 Å². The molecule has 0 aromatic heterocycles. The molecular weight excluding hydrogens is 838 g/mol. The second-order valence-electron chi connectivity index (χ2n) is 8.70. The predicted molar refractivity (Wildman–Crippen MR) is 105 cm³/mol. The highest BCUT2D eigenvalue weighted by Crippen LogP contribution is 2.62. The highest BCUT2D eigenvalue weighted by Gasteiger charge is 2.90. The predicted octanol–water partition coefficient (Wildman–Crippen LogP) is 9.36. The minimum atomic E-state index is -8.63. The van der Waals surface area contributed by atoms with Gasteiger partial charge in [-0.05, 0) is 0 Å². The Labute approximate surface area is 258 Å². The lowest BCUT2D eigenvalue weighted by molar-refractivity contribution is -0.427. The number of phosphoric ester groups is 2. The third-order valence-electron chi connectivity index (χ3n) is 4.45. The van der Waals surface area contributed by atoms with Gasteiger partial charge in [-0.25, -0.2) is 9.13 Å². The number of phosphoric acid groups is 2. The lowest BCUT2D eigenvalue weighted by Crippen LogP contribution is -2.71. The van der Waals surface area contributed by atoms with Gasteiger partial charge in [-0.3, -0.25) is 27.1 Å². The monoisotopic (exact) mass is 850 g/mol. The van der Waals surface area contributed by atoms with Crippen LogP contribution in [0.1, 0.15) is 0 Å². The van der Waals surface area contributed by atoms with Gasteiger partial charge in [-0.15, -0.1) is 0 Å². The summed E-state index contributed by atoms with van der Waals surface area (Å²) < 4.78 is 356. The number of alkyl halides is 24. The fraction of sp³-hybridized carbons (Fsp3) is 1.00. The van der Waals surface area contributed by atoms with Crippen molar-refractivity contribution in [1.82, 2.24) is 0 Å². The van der Waals surface area contributed by atoms with Crippen LogP contribution in [0.3, 0.4) is 0 Å². The van der Waals surface area contributed by atoms with Crippen LogP contribution in [0, 0.1) is 0 Å². The first-order valence-electron chi connectivity index (χ1n) is 11.1. The van der Waals surface area contributed by atoms with Gasteiger partial charge in [-0.1, -0.05) is 0 Å². The maximum Gasteiger partial charge on any atom is 0.475 e. The minimum Gasteiger partial charge on any atom is -0.280 e. The summed E-state index contributed by atoms with van der Waals surface area (Å²) in [6.07, 6.45) is -23.2. The second kappa shape index (κ2) is 15.1. The number of hydrogen-bond acceptors (Lipinski definition) is 8. The molecule has 8 nitrogen and oxygen atoms in total. The van der Waals surface area contributed by atoms with Gasteiger partial charge in [0.15, 0.2) is 26.4 Å². The fourth-order valence-corrected chi connectivity index (χ4v) is 4.49.